The number of alkyl halides is 2. The fourth-order valence-electron chi connectivity index (χ4n) is 3.71. The average Bonchev–Trinajstić information content (AvgIpc) is 3.09. The number of hydrogen-bond acceptors (Lipinski definition) is 4. The molecule has 0 saturated heterocycles. The number of nitrogens with one attached hydrogen (secondary N) is 1. The lowest BCUT2D eigenvalue weighted by molar-refractivity contribution is -0.148. The Balaban J connectivity index is 1.63. The minimum absolute atomic E-state index is 0.0558. The number of carbonyl (C=O) groups excluding carboxylic acids is 2. The molecule has 2 aromatic carbocycles. The first-order valence-corrected chi connectivity index (χ1v) is 10.1. The molecule has 0 bridgehead atoms. The average molecular weight is 446 g/mol. The molecule has 0 aromatic heterocycles. The van der Waals surface area contributed by atoms with E-state index in [-0.39, 0.29) is 12.5 Å². The van der Waals surface area contributed by atoms with Crippen molar-refractivity contribution in [3.8, 4) is 11.1 Å². The maximum Gasteiger partial charge on any atom is 0.407 e. The molecule has 7 nitrogen and oxygen atoms in total. The van der Waals surface area contributed by atoms with Gasteiger partial charge in [-0.1, -0.05) is 48.5 Å². The van der Waals surface area contributed by atoms with E-state index in [0.717, 1.165) is 27.2 Å². The number of amides is 2. The highest BCUT2D eigenvalue weighted by Gasteiger charge is 2.32. The summed E-state index contributed by atoms with van der Waals surface area (Å²) in [6, 6.07) is 12.4. The van der Waals surface area contributed by atoms with Crippen molar-refractivity contribution in [2.45, 2.75) is 37.8 Å². The van der Waals surface area contributed by atoms with Gasteiger partial charge in [-0.05, 0) is 29.2 Å². The van der Waals surface area contributed by atoms with E-state index in [9.17, 15) is 23.2 Å². The molecular weight excluding hydrogens is 422 g/mol. The fraction of sp³-hybridized carbons (Fsp3) is 0.348. The standard InChI is InChI=1S/C23H24F2N2O5/c1-13(22(29)30)27(2)20(28)11-19(21(24)25)26-23(31)32-12-18-16-9-5-3-7-14(16)15-8-4-6-10-17(15)18/h3-10,13,18-19,21H,11-12H2,1-2H3,(H,26,31)(H,29,30). The van der Waals surface area contributed by atoms with Gasteiger partial charge in [-0.25, -0.2) is 18.4 Å². The SMILES string of the molecule is CC(C(=O)O)N(C)C(=O)CC(NC(=O)OCC1c2ccccc2-c2ccccc21)C(F)F. The molecule has 0 aliphatic heterocycles. The molecule has 9 heteroatoms. The van der Waals surface area contributed by atoms with Crippen LogP contribution in [0, 0.1) is 0 Å². The Morgan fingerprint density at radius 3 is 2.09 bits per heavy atom. The Bertz CT molecular complexity index is 968. The molecule has 2 N–H and O–H groups in total. The lowest BCUT2D eigenvalue weighted by Gasteiger charge is -2.24. The minimum atomic E-state index is -3.03. The molecule has 0 saturated carbocycles. The topological polar surface area (TPSA) is 95.9 Å². The Morgan fingerprint density at radius 1 is 1.06 bits per heavy atom. The number of benzene rings is 2. The van der Waals surface area contributed by atoms with Crippen LogP contribution in [0.2, 0.25) is 0 Å². The van der Waals surface area contributed by atoms with Gasteiger partial charge in [-0.2, -0.15) is 0 Å². The molecule has 0 radical (unpaired) electrons. The lowest BCUT2D eigenvalue weighted by Crippen LogP contribution is -2.47. The van der Waals surface area contributed by atoms with Crippen LogP contribution < -0.4 is 5.32 Å². The monoisotopic (exact) mass is 446 g/mol. The Hall–Kier alpha value is -3.49. The molecule has 170 valence electrons. The van der Waals surface area contributed by atoms with E-state index in [0.29, 0.717) is 0 Å². The summed E-state index contributed by atoms with van der Waals surface area (Å²) in [4.78, 5) is 36.3. The third-order valence-corrected chi connectivity index (χ3v) is 5.68. The number of likely N-dealkylation sites (N-methyl/N-ethyl adjacent to an activating group) is 1. The summed E-state index contributed by atoms with van der Waals surface area (Å²) >= 11 is 0. The maximum atomic E-state index is 13.4. The predicted octanol–water partition coefficient (Wildman–Crippen LogP) is 3.48. The van der Waals surface area contributed by atoms with E-state index in [4.69, 9.17) is 9.84 Å². The Labute approximate surface area is 184 Å². The van der Waals surface area contributed by atoms with E-state index in [1.165, 1.54) is 14.0 Å². The zero-order chi connectivity index (χ0) is 23.4. The second kappa shape index (κ2) is 9.76. The van der Waals surface area contributed by atoms with Gasteiger partial charge < -0.3 is 20.1 Å². The van der Waals surface area contributed by atoms with Gasteiger partial charge in [-0.3, -0.25) is 4.79 Å². The summed E-state index contributed by atoms with van der Waals surface area (Å²) in [5.41, 5.74) is 4.02. The van der Waals surface area contributed by atoms with E-state index in [2.05, 4.69) is 0 Å². The molecule has 0 fully saturated rings. The van der Waals surface area contributed by atoms with E-state index in [1.807, 2.05) is 53.8 Å². The molecule has 2 atom stereocenters. The van der Waals surface area contributed by atoms with E-state index >= 15 is 0 Å². The Kier molecular flexibility index (Phi) is 7.07. The first kappa shape index (κ1) is 23.2. The molecule has 2 aromatic rings. The summed E-state index contributed by atoms with van der Waals surface area (Å²) in [5, 5.41) is 11.0. The van der Waals surface area contributed by atoms with Crippen molar-refractivity contribution in [3.63, 3.8) is 0 Å². The number of alkyl carbamates (subject to hydrolysis) is 1. The highest BCUT2D eigenvalue weighted by atomic mass is 19.3. The highest BCUT2D eigenvalue weighted by molar-refractivity contribution is 5.84. The second-order valence-corrected chi connectivity index (χ2v) is 7.63. The van der Waals surface area contributed by atoms with Crippen LogP contribution in [-0.4, -0.2) is 60.1 Å². The molecule has 1 aliphatic carbocycles. The van der Waals surface area contributed by atoms with Crippen LogP contribution in [0.3, 0.4) is 0 Å². The first-order chi connectivity index (χ1) is 15.2. The number of aliphatic carboxylic acids is 1. The van der Waals surface area contributed by atoms with Crippen LogP contribution in [0.15, 0.2) is 48.5 Å². The van der Waals surface area contributed by atoms with Gasteiger partial charge in [0, 0.05) is 13.0 Å². The van der Waals surface area contributed by atoms with E-state index in [1.54, 1.807) is 0 Å². The van der Waals surface area contributed by atoms with Crippen LogP contribution >= 0.6 is 0 Å². The third kappa shape index (κ3) is 4.87. The third-order valence-electron chi connectivity index (χ3n) is 5.68. The number of ether oxygens (including phenoxy) is 1. The van der Waals surface area contributed by atoms with Gasteiger partial charge in [0.2, 0.25) is 5.91 Å². The van der Waals surface area contributed by atoms with Crippen molar-refractivity contribution < 1.29 is 33.0 Å². The summed E-state index contributed by atoms with van der Waals surface area (Å²) < 4.78 is 32.1. The predicted molar refractivity (Wildman–Crippen MR) is 112 cm³/mol. The Morgan fingerprint density at radius 2 is 1.59 bits per heavy atom. The van der Waals surface area contributed by atoms with Gasteiger partial charge >= 0.3 is 12.1 Å². The minimum Gasteiger partial charge on any atom is -0.480 e. The zero-order valence-corrected chi connectivity index (χ0v) is 17.6. The number of carbonyl (C=O) groups is 3. The first-order valence-electron chi connectivity index (χ1n) is 10.1. The van der Waals surface area contributed by atoms with Crippen LogP contribution in [0.4, 0.5) is 13.6 Å². The van der Waals surface area contributed by atoms with Crippen LogP contribution in [0.1, 0.15) is 30.4 Å². The largest absolute Gasteiger partial charge is 0.480 e. The summed E-state index contributed by atoms with van der Waals surface area (Å²) in [5.74, 6) is -2.33. The lowest BCUT2D eigenvalue weighted by atomic mass is 9.98. The van der Waals surface area contributed by atoms with Crippen LogP contribution in [-0.2, 0) is 14.3 Å². The molecule has 1 aliphatic rings. The molecule has 0 spiro atoms. The van der Waals surface area contributed by atoms with Crippen molar-refractivity contribution in [3.05, 3.63) is 59.7 Å². The molecule has 32 heavy (non-hydrogen) atoms. The number of nitrogens with zero attached hydrogens (tertiary/aromatic N) is 1. The van der Waals surface area contributed by atoms with Crippen molar-refractivity contribution in [1.82, 2.24) is 10.2 Å². The highest BCUT2D eigenvalue weighted by Crippen LogP contribution is 2.44. The molecular formula is C23H24F2N2O5. The number of halogens is 2. The number of carboxylic acids is 1. The van der Waals surface area contributed by atoms with Crippen LogP contribution in [0.25, 0.3) is 11.1 Å². The molecule has 0 heterocycles. The molecule has 2 amide bonds. The summed E-state index contributed by atoms with van der Waals surface area (Å²) in [6.45, 7) is 1.20. The molecule has 2 unspecified atom stereocenters. The summed E-state index contributed by atoms with van der Waals surface area (Å²) in [6.07, 6.45) is -4.86. The number of fused-ring (bicyclic) bond motifs is 3. The summed E-state index contributed by atoms with van der Waals surface area (Å²) in [7, 11) is 1.21. The molecule has 3 rings (SSSR count). The van der Waals surface area contributed by atoms with Gasteiger partial charge in [0.15, 0.2) is 0 Å². The van der Waals surface area contributed by atoms with Crippen molar-refractivity contribution >= 4 is 18.0 Å². The number of rotatable bonds is 8. The van der Waals surface area contributed by atoms with Gasteiger partial charge in [0.05, 0.1) is 6.42 Å². The second-order valence-electron chi connectivity index (χ2n) is 7.63. The fourth-order valence-corrected chi connectivity index (χ4v) is 3.71. The number of hydrogen-bond donors (Lipinski definition) is 2. The van der Waals surface area contributed by atoms with Gasteiger partial charge in [0.25, 0.3) is 6.43 Å². The van der Waals surface area contributed by atoms with Gasteiger partial charge in [0.1, 0.15) is 18.7 Å². The van der Waals surface area contributed by atoms with Crippen molar-refractivity contribution in [1.29, 1.82) is 0 Å². The van der Waals surface area contributed by atoms with E-state index < -0.39 is 42.9 Å². The van der Waals surface area contributed by atoms with Crippen LogP contribution in [0.5, 0.6) is 0 Å². The smallest absolute Gasteiger partial charge is 0.407 e. The normalized spacial score (nSPS) is 14.3. The maximum absolute atomic E-state index is 13.4. The van der Waals surface area contributed by atoms with Crippen molar-refractivity contribution in [2.24, 2.45) is 0 Å². The van der Waals surface area contributed by atoms with Gasteiger partial charge in [-0.15, -0.1) is 0 Å². The van der Waals surface area contributed by atoms with Crippen molar-refractivity contribution in [2.75, 3.05) is 13.7 Å². The zero-order valence-electron chi connectivity index (χ0n) is 17.6. The number of carboxylic acid groups (broad SMARTS) is 1. The quantitative estimate of drug-likeness (QED) is 0.647.